The van der Waals surface area contributed by atoms with Gasteiger partial charge >= 0.3 is 0 Å². The van der Waals surface area contributed by atoms with Crippen LogP contribution in [-0.4, -0.2) is 11.4 Å². The molecule has 0 amide bonds. The van der Waals surface area contributed by atoms with E-state index < -0.39 is 6.17 Å². The van der Waals surface area contributed by atoms with E-state index in [1.165, 1.54) is 6.08 Å². The Morgan fingerprint density at radius 2 is 2.50 bits per heavy atom. The smallest absolute Gasteiger partial charge is 0.0968 e. The monoisotopic (exact) mass is 88.1 g/mol. The van der Waals surface area contributed by atoms with Crippen LogP contribution in [0.5, 0.6) is 0 Å². The molecule has 3 nitrogen and oxygen atoms in total. The van der Waals surface area contributed by atoms with Crippen LogP contribution >= 0.6 is 0 Å². The molecule has 0 aromatic rings. The van der Waals surface area contributed by atoms with E-state index in [9.17, 15) is 0 Å². The molecule has 0 spiro atoms. The lowest BCUT2D eigenvalue weighted by molar-refractivity contribution is 0.145. The Morgan fingerprint density at radius 3 is 2.50 bits per heavy atom. The highest BCUT2D eigenvalue weighted by atomic mass is 16.5. The summed E-state index contributed by atoms with van der Waals surface area (Å²) in [6.45, 7) is 3.28. The molecule has 6 heavy (non-hydrogen) atoms. The Kier molecular flexibility index (Phi) is 2.66. The van der Waals surface area contributed by atoms with Gasteiger partial charge in [-0.15, -0.1) is 6.58 Å². The summed E-state index contributed by atoms with van der Waals surface area (Å²) in [5, 5.41) is 7.89. The minimum atomic E-state index is -0.495. The Labute approximate surface area is 36.4 Å². The van der Waals surface area contributed by atoms with Crippen molar-refractivity contribution in [3.05, 3.63) is 12.7 Å². The first kappa shape index (κ1) is 5.62. The molecular formula is C3H8N2O. The number of rotatable bonds is 2. The van der Waals surface area contributed by atoms with Crippen molar-refractivity contribution in [2.45, 2.75) is 6.17 Å². The average molecular weight is 88.1 g/mol. The summed E-state index contributed by atoms with van der Waals surface area (Å²) in [6, 6.07) is 0. The van der Waals surface area contributed by atoms with Crippen LogP contribution in [-0.2, 0) is 0 Å². The zero-order valence-corrected chi connectivity index (χ0v) is 3.39. The van der Waals surface area contributed by atoms with Gasteiger partial charge in [-0.25, -0.2) is 0 Å². The highest BCUT2D eigenvalue weighted by Gasteiger charge is 1.83. The van der Waals surface area contributed by atoms with E-state index in [0.29, 0.717) is 0 Å². The van der Waals surface area contributed by atoms with Gasteiger partial charge in [-0.3, -0.25) is 0 Å². The van der Waals surface area contributed by atoms with Gasteiger partial charge in [0.1, 0.15) is 0 Å². The molecule has 4 N–H and O–H groups in total. The molecule has 3 heteroatoms. The summed E-state index contributed by atoms with van der Waals surface area (Å²) in [5.41, 5.74) is 6.77. The summed E-state index contributed by atoms with van der Waals surface area (Å²) < 4.78 is 0. The van der Waals surface area contributed by atoms with Crippen LogP contribution in [0.25, 0.3) is 0 Å². The number of hydrogen-bond donors (Lipinski definition) is 3. The second-order valence-electron chi connectivity index (χ2n) is 0.891. The normalized spacial score (nSPS) is 13.7. The van der Waals surface area contributed by atoms with E-state index in [1.807, 2.05) is 0 Å². The van der Waals surface area contributed by atoms with Crippen molar-refractivity contribution in [2.24, 2.45) is 5.73 Å². The van der Waals surface area contributed by atoms with Gasteiger partial charge in [-0.1, -0.05) is 6.08 Å². The minimum absolute atomic E-state index is 0.495. The van der Waals surface area contributed by atoms with Crippen molar-refractivity contribution in [3.63, 3.8) is 0 Å². The molecule has 0 bridgehead atoms. The Hall–Kier alpha value is -0.380. The topological polar surface area (TPSA) is 58.3 Å². The van der Waals surface area contributed by atoms with Crippen LogP contribution in [0.2, 0.25) is 0 Å². The van der Waals surface area contributed by atoms with Crippen molar-refractivity contribution in [2.75, 3.05) is 0 Å². The quantitative estimate of drug-likeness (QED) is 0.241. The van der Waals surface area contributed by atoms with Crippen LogP contribution in [0.15, 0.2) is 12.7 Å². The standard InChI is InChI=1S/C3H8N2O/c1-2-3(4)5-6/h2-3,5-6H,1,4H2. The van der Waals surface area contributed by atoms with Gasteiger partial charge < -0.3 is 10.9 Å². The van der Waals surface area contributed by atoms with Crippen LogP contribution < -0.4 is 11.2 Å². The van der Waals surface area contributed by atoms with Crippen LogP contribution in [0.4, 0.5) is 0 Å². The fraction of sp³-hybridized carbons (Fsp3) is 0.333. The third kappa shape index (κ3) is 1.90. The maximum absolute atomic E-state index is 7.89. The first-order valence-electron chi connectivity index (χ1n) is 1.59. The van der Waals surface area contributed by atoms with E-state index in [4.69, 9.17) is 10.9 Å². The third-order valence-corrected chi connectivity index (χ3v) is 0.403. The Morgan fingerprint density at radius 1 is 2.00 bits per heavy atom. The van der Waals surface area contributed by atoms with Gasteiger partial charge in [0.05, 0.1) is 6.17 Å². The Balaban J connectivity index is 2.96. The number of hydrogen-bond acceptors (Lipinski definition) is 3. The molecule has 0 saturated heterocycles. The first-order valence-corrected chi connectivity index (χ1v) is 1.59. The van der Waals surface area contributed by atoms with Gasteiger partial charge in [-0.05, 0) is 0 Å². The lowest BCUT2D eigenvalue weighted by Crippen LogP contribution is -2.31. The fourth-order valence-corrected chi connectivity index (χ4v) is 0.0527. The molecule has 0 aromatic carbocycles. The molecule has 0 saturated carbocycles. The summed E-state index contributed by atoms with van der Waals surface area (Å²) in [5.74, 6) is 0. The van der Waals surface area contributed by atoms with E-state index >= 15 is 0 Å². The number of hydroxylamine groups is 1. The van der Waals surface area contributed by atoms with E-state index in [2.05, 4.69) is 6.58 Å². The van der Waals surface area contributed by atoms with E-state index in [1.54, 1.807) is 5.48 Å². The fourth-order valence-electron chi connectivity index (χ4n) is 0.0527. The molecule has 0 rings (SSSR count). The maximum atomic E-state index is 7.89. The molecule has 36 valence electrons. The molecule has 0 fully saturated rings. The van der Waals surface area contributed by atoms with Gasteiger partial charge in [0.15, 0.2) is 0 Å². The van der Waals surface area contributed by atoms with Crippen LogP contribution in [0.1, 0.15) is 0 Å². The molecule has 0 radical (unpaired) electrons. The van der Waals surface area contributed by atoms with Crippen LogP contribution in [0.3, 0.4) is 0 Å². The molecule has 0 aliphatic carbocycles. The zero-order valence-electron chi connectivity index (χ0n) is 3.39. The Bertz CT molecular complexity index is 46.1. The van der Waals surface area contributed by atoms with Crippen molar-refractivity contribution in [1.82, 2.24) is 5.48 Å². The van der Waals surface area contributed by atoms with Gasteiger partial charge in [0, 0.05) is 0 Å². The van der Waals surface area contributed by atoms with Gasteiger partial charge in [0.2, 0.25) is 0 Å². The maximum Gasteiger partial charge on any atom is 0.0968 e. The van der Waals surface area contributed by atoms with Gasteiger partial charge in [0.25, 0.3) is 0 Å². The van der Waals surface area contributed by atoms with Crippen molar-refractivity contribution in [3.8, 4) is 0 Å². The highest BCUT2D eigenvalue weighted by molar-refractivity contribution is 4.76. The predicted molar refractivity (Wildman–Crippen MR) is 23.1 cm³/mol. The van der Waals surface area contributed by atoms with Crippen molar-refractivity contribution >= 4 is 0 Å². The van der Waals surface area contributed by atoms with Crippen molar-refractivity contribution in [1.29, 1.82) is 0 Å². The summed E-state index contributed by atoms with van der Waals surface area (Å²) in [4.78, 5) is 0. The van der Waals surface area contributed by atoms with Gasteiger partial charge in [-0.2, -0.15) is 5.48 Å². The molecule has 1 atom stereocenters. The second-order valence-corrected chi connectivity index (χ2v) is 0.891. The lowest BCUT2D eigenvalue weighted by Gasteiger charge is -1.97. The lowest BCUT2D eigenvalue weighted by atomic mass is 10.5. The van der Waals surface area contributed by atoms with E-state index in [0.717, 1.165) is 0 Å². The van der Waals surface area contributed by atoms with Crippen LogP contribution in [0, 0.1) is 0 Å². The zero-order chi connectivity index (χ0) is 4.99. The molecule has 1 unspecified atom stereocenters. The molecule has 0 aliphatic heterocycles. The second kappa shape index (κ2) is 2.84. The molecule has 0 aromatic heterocycles. The number of nitrogens with two attached hydrogens (primary N) is 1. The molecule has 0 aliphatic rings. The van der Waals surface area contributed by atoms with E-state index in [-0.39, 0.29) is 0 Å². The summed E-state index contributed by atoms with van der Waals surface area (Å²) in [6.07, 6.45) is 0.894. The highest BCUT2D eigenvalue weighted by Crippen LogP contribution is 1.62. The average Bonchev–Trinajstić information content (AvgIpc) is 1.65. The largest absolute Gasteiger partial charge is 0.315 e. The summed E-state index contributed by atoms with van der Waals surface area (Å²) in [7, 11) is 0. The number of nitrogens with one attached hydrogen (secondary N) is 1. The minimum Gasteiger partial charge on any atom is -0.315 e. The summed E-state index contributed by atoms with van der Waals surface area (Å²) >= 11 is 0. The predicted octanol–water partition coefficient (Wildman–Crippen LogP) is -0.564. The molecule has 0 heterocycles. The first-order chi connectivity index (χ1) is 2.81. The SMILES string of the molecule is C=CC(N)NO. The third-order valence-electron chi connectivity index (χ3n) is 0.403. The molecular weight excluding hydrogens is 80.0 g/mol. The van der Waals surface area contributed by atoms with Crippen molar-refractivity contribution < 1.29 is 5.21 Å².